The summed E-state index contributed by atoms with van der Waals surface area (Å²) in [6, 6.07) is 15.3. The normalized spacial score (nSPS) is 17.7. The van der Waals surface area contributed by atoms with Crippen LogP contribution in [0.5, 0.6) is 11.5 Å². The van der Waals surface area contributed by atoms with Crippen LogP contribution in [0.1, 0.15) is 42.7 Å². The van der Waals surface area contributed by atoms with Crippen molar-refractivity contribution >= 4 is 5.71 Å². The highest BCUT2D eigenvalue weighted by molar-refractivity contribution is 5.84. The maximum atomic E-state index is 9.78. The molecule has 0 heterocycles. The van der Waals surface area contributed by atoms with Gasteiger partial charge < -0.3 is 15.1 Å². The van der Waals surface area contributed by atoms with E-state index in [1.807, 2.05) is 36.4 Å². The van der Waals surface area contributed by atoms with Gasteiger partial charge in [-0.15, -0.1) is 0 Å². The number of benzene rings is 2. The first kappa shape index (κ1) is 15.4. The molecule has 1 fully saturated rings. The molecule has 1 aliphatic carbocycles. The molecular weight excluding hydrogens is 290 g/mol. The fraction of sp³-hybridized carbons (Fsp3) is 0.316. The predicted octanol–water partition coefficient (Wildman–Crippen LogP) is 4.46. The van der Waals surface area contributed by atoms with E-state index < -0.39 is 0 Å². The van der Waals surface area contributed by atoms with Gasteiger partial charge in [0.05, 0.1) is 5.71 Å². The molecular formula is C19H21NO3. The molecule has 4 heteroatoms. The van der Waals surface area contributed by atoms with Crippen LogP contribution in [0.4, 0.5) is 0 Å². The van der Waals surface area contributed by atoms with Crippen molar-refractivity contribution in [3.8, 4) is 11.5 Å². The van der Waals surface area contributed by atoms with Crippen molar-refractivity contribution in [2.75, 3.05) is 0 Å². The van der Waals surface area contributed by atoms with Crippen LogP contribution in [-0.2, 0) is 6.61 Å². The van der Waals surface area contributed by atoms with Crippen LogP contribution in [0.3, 0.4) is 0 Å². The SMILES string of the molecule is ON=C1CCC(c2ccc(O)cc2OCc2ccccc2)CC1. The summed E-state index contributed by atoms with van der Waals surface area (Å²) in [5, 5.41) is 22.0. The molecule has 0 atom stereocenters. The molecule has 1 saturated carbocycles. The summed E-state index contributed by atoms with van der Waals surface area (Å²) < 4.78 is 5.97. The Morgan fingerprint density at radius 2 is 1.78 bits per heavy atom. The van der Waals surface area contributed by atoms with E-state index in [0.29, 0.717) is 12.5 Å². The van der Waals surface area contributed by atoms with Crippen LogP contribution >= 0.6 is 0 Å². The minimum Gasteiger partial charge on any atom is -0.508 e. The van der Waals surface area contributed by atoms with Crippen LogP contribution < -0.4 is 4.74 Å². The van der Waals surface area contributed by atoms with E-state index in [9.17, 15) is 5.11 Å². The summed E-state index contributed by atoms with van der Waals surface area (Å²) in [6.45, 7) is 0.480. The first-order valence-corrected chi connectivity index (χ1v) is 7.95. The number of phenolic OH excluding ortho intramolecular Hbond substituents is 1. The summed E-state index contributed by atoms with van der Waals surface area (Å²) in [6.07, 6.45) is 3.48. The Morgan fingerprint density at radius 3 is 2.48 bits per heavy atom. The van der Waals surface area contributed by atoms with Crippen molar-refractivity contribution in [2.45, 2.75) is 38.2 Å². The van der Waals surface area contributed by atoms with E-state index in [1.165, 1.54) is 0 Å². The Balaban J connectivity index is 1.75. The Kier molecular flexibility index (Phi) is 4.81. The topological polar surface area (TPSA) is 62.1 Å². The summed E-state index contributed by atoms with van der Waals surface area (Å²) >= 11 is 0. The van der Waals surface area contributed by atoms with Gasteiger partial charge in [0.25, 0.3) is 0 Å². The molecule has 23 heavy (non-hydrogen) atoms. The molecule has 120 valence electrons. The third kappa shape index (κ3) is 3.83. The highest BCUT2D eigenvalue weighted by Gasteiger charge is 2.22. The lowest BCUT2D eigenvalue weighted by Gasteiger charge is -2.25. The Labute approximate surface area is 136 Å². The summed E-state index contributed by atoms with van der Waals surface area (Å²) in [5.74, 6) is 1.32. The summed E-state index contributed by atoms with van der Waals surface area (Å²) in [4.78, 5) is 0. The van der Waals surface area contributed by atoms with E-state index in [-0.39, 0.29) is 5.75 Å². The quantitative estimate of drug-likeness (QED) is 0.647. The zero-order chi connectivity index (χ0) is 16.1. The number of nitrogens with zero attached hydrogens (tertiary/aromatic N) is 1. The molecule has 0 saturated heterocycles. The first-order valence-electron chi connectivity index (χ1n) is 7.95. The van der Waals surface area contributed by atoms with Crippen LogP contribution in [0, 0.1) is 0 Å². The van der Waals surface area contributed by atoms with Crippen molar-refractivity contribution in [3.05, 3.63) is 59.7 Å². The van der Waals surface area contributed by atoms with Crippen LogP contribution in [-0.4, -0.2) is 16.0 Å². The highest BCUT2D eigenvalue weighted by atomic mass is 16.5. The molecule has 1 aliphatic rings. The van der Waals surface area contributed by atoms with Gasteiger partial charge in [-0.3, -0.25) is 0 Å². The van der Waals surface area contributed by atoms with Gasteiger partial charge in [-0.2, -0.15) is 0 Å². The van der Waals surface area contributed by atoms with Crippen molar-refractivity contribution in [3.63, 3.8) is 0 Å². The third-order valence-corrected chi connectivity index (χ3v) is 4.38. The van der Waals surface area contributed by atoms with Gasteiger partial charge in [0.2, 0.25) is 0 Å². The van der Waals surface area contributed by atoms with Crippen molar-refractivity contribution in [2.24, 2.45) is 5.16 Å². The van der Waals surface area contributed by atoms with Gasteiger partial charge in [-0.1, -0.05) is 41.6 Å². The molecule has 0 radical (unpaired) electrons. The standard InChI is InChI=1S/C19H21NO3/c21-17-10-11-18(15-6-8-16(20-22)9-7-15)19(12-17)23-13-14-4-2-1-3-5-14/h1-5,10-12,15,21-22H,6-9,13H2. The molecule has 0 unspecified atom stereocenters. The van der Waals surface area contributed by atoms with Crippen LogP contribution in [0.25, 0.3) is 0 Å². The van der Waals surface area contributed by atoms with Gasteiger partial charge in [0, 0.05) is 6.07 Å². The van der Waals surface area contributed by atoms with E-state index >= 15 is 0 Å². The maximum absolute atomic E-state index is 9.78. The van der Waals surface area contributed by atoms with Gasteiger partial charge >= 0.3 is 0 Å². The molecule has 3 rings (SSSR count). The van der Waals surface area contributed by atoms with Crippen molar-refractivity contribution in [1.82, 2.24) is 0 Å². The molecule has 0 aliphatic heterocycles. The minimum atomic E-state index is 0.213. The molecule has 2 aromatic rings. The van der Waals surface area contributed by atoms with E-state index in [0.717, 1.165) is 48.3 Å². The predicted molar refractivity (Wildman–Crippen MR) is 89.3 cm³/mol. The Morgan fingerprint density at radius 1 is 1.04 bits per heavy atom. The molecule has 2 N–H and O–H groups in total. The zero-order valence-electron chi connectivity index (χ0n) is 13.0. The second-order valence-electron chi connectivity index (χ2n) is 5.94. The summed E-state index contributed by atoms with van der Waals surface area (Å²) in [7, 11) is 0. The minimum absolute atomic E-state index is 0.213. The fourth-order valence-electron chi connectivity index (χ4n) is 3.08. The van der Waals surface area contributed by atoms with Gasteiger partial charge in [-0.05, 0) is 48.8 Å². The smallest absolute Gasteiger partial charge is 0.126 e. The van der Waals surface area contributed by atoms with Crippen LogP contribution in [0.15, 0.2) is 53.7 Å². The average Bonchev–Trinajstić information content (AvgIpc) is 2.61. The molecule has 0 bridgehead atoms. The monoisotopic (exact) mass is 311 g/mol. The number of aromatic hydroxyl groups is 1. The summed E-state index contributed by atoms with van der Waals surface area (Å²) in [5.41, 5.74) is 3.09. The lowest BCUT2D eigenvalue weighted by molar-refractivity contribution is 0.296. The zero-order valence-corrected chi connectivity index (χ0v) is 13.0. The lowest BCUT2D eigenvalue weighted by atomic mass is 9.82. The number of rotatable bonds is 4. The van der Waals surface area contributed by atoms with E-state index in [2.05, 4.69) is 5.16 Å². The molecule has 0 spiro atoms. The largest absolute Gasteiger partial charge is 0.508 e. The molecule has 0 aromatic heterocycles. The second-order valence-corrected chi connectivity index (χ2v) is 5.94. The van der Waals surface area contributed by atoms with Gasteiger partial charge in [0.15, 0.2) is 0 Å². The maximum Gasteiger partial charge on any atom is 0.126 e. The van der Waals surface area contributed by atoms with Crippen molar-refractivity contribution in [1.29, 1.82) is 0 Å². The van der Waals surface area contributed by atoms with Gasteiger partial charge in [0.1, 0.15) is 18.1 Å². The van der Waals surface area contributed by atoms with Gasteiger partial charge in [-0.25, -0.2) is 0 Å². The van der Waals surface area contributed by atoms with E-state index in [4.69, 9.17) is 9.94 Å². The number of phenols is 1. The fourth-order valence-corrected chi connectivity index (χ4v) is 3.08. The molecule has 4 nitrogen and oxygen atoms in total. The number of oxime groups is 1. The van der Waals surface area contributed by atoms with Crippen LogP contribution in [0.2, 0.25) is 0 Å². The number of ether oxygens (including phenoxy) is 1. The van der Waals surface area contributed by atoms with Crippen molar-refractivity contribution < 1.29 is 15.1 Å². The number of hydrogen-bond acceptors (Lipinski definition) is 4. The Hall–Kier alpha value is -2.49. The molecule has 2 aromatic carbocycles. The van der Waals surface area contributed by atoms with E-state index in [1.54, 1.807) is 12.1 Å². The Bertz CT molecular complexity index is 672. The highest BCUT2D eigenvalue weighted by Crippen LogP contribution is 2.38. The average molecular weight is 311 g/mol. The molecule has 0 amide bonds. The first-order chi connectivity index (χ1) is 11.3. The second kappa shape index (κ2) is 7.18. The lowest BCUT2D eigenvalue weighted by Crippen LogP contribution is -2.14. The number of hydrogen-bond donors (Lipinski definition) is 2. The third-order valence-electron chi connectivity index (χ3n) is 4.38.